The molecule has 0 spiro atoms. The summed E-state index contributed by atoms with van der Waals surface area (Å²) in [5, 5.41) is 18.3. The topological polar surface area (TPSA) is 95.1 Å². The van der Waals surface area contributed by atoms with Crippen LogP contribution < -0.4 is 5.32 Å². The number of hydrogen-bond acceptors (Lipinski definition) is 3. The van der Waals surface area contributed by atoms with Crippen LogP contribution in [0.2, 0.25) is 0 Å². The van der Waals surface area contributed by atoms with Gasteiger partial charge in [0.05, 0.1) is 17.5 Å². The maximum atomic E-state index is 12.3. The van der Waals surface area contributed by atoms with Crippen LogP contribution >= 0.6 is 0 Å². The first-order valence-corrected chi connectivity index (χ1v) is 6.63. The fraction of sp³-hybridized carbons (Fsp3) is 0.267. The van der Waals surface area contributed by atoms with E-state index < -0.39 is 17.9 Å². The van der Waals surface area contributed by atoms with Gasteiger partial charge in [0.1, 0.15) is 6.04 Å². The van der Waals surface area contributed by atoms with Gasteiger partial charge in [-0.1, -0.05) is 44.2 Å². The van der Waals surface area contributed by atoms with Gasteiger partial charge in [0.15, 0.2) is 0 Å². The third kappa shape index (κ3) is 3.28. The number of carbonyl (C=O) groups is 2. The van der Waals surface area contributed by atoms with E-state index in [1.165, 1.54) is 6.20 Å². The number of H-pyrrole nitrogens is 1. The molecule has 0 fully saturated rings. The number of aliphatic carboxylic acids is 1. The fourth-order valence-corrected chi connectivity index (χ4v) is 2.02. The molecule has 1 amide bonds. The van der Waals surface area contributed by atoms with Crippen molar-refractivity contribution in [2.24, 2.45) is 5.92 Å². The van der Waals surface area contributed by atoms with Crippen LogP contribution in [0.3, 0.4) is 0 Å². The lowest BCUT2D eigenvalue weighted by atomic mass is 10.0. The van der Waals surface area contributed by atoms with E-state index in [9.17, 15) is 9.59 Å². The molecule has 1 heterocycles. The minimum absolute atomic E-state index is 0.210. The third-order valence-electron chi connectivity index (χ3n) is 3.17. The fourth-order valence-electron chi connectivity index (χ4n) is 2.02. The molecule has 6 nitrogen and oxygen atoms in total. The number of carboxylic acids is 1. The zero-order valence-corrected chi connectivity index (χ0v) is 11.8. The molecule has 2 aromatic rings. The van der Waals surface area contributed by atoms with Crippen LogP contribution in [0.5, 0.6) is 0 Å². The minimum Gasteiger partial charge on any atom is -0.480 e. The normalized spacial score (nSPS) is 12.1. The van der Waals surface area contributed by atoms with E-state index in [0.717, 1.165) is 5.56 Å². The number of aromatic nitrogens is 2. The molecule has 1 aromatic heterocycles. The highest BCUT2D eigenvalue weighted by atomic mass is 16.4. The van der Waals surface area contributed by atoms with Gasteiger partial charge in [0.2, 0.25) is 0 Å². The maximum Gasteiger partial charge on any atom is 0.326 e. The highest BCUT2D eigenvalue weighted by Gasteiger charge is 2.25. The van der Waals surface area contributed by atoms with Crippen molar-refractivity contribution in [1.82, 2.24) is 15.5 Å². The van der Waals surface area contributed by atoms with Gasteiger partial charge in [-0.05, 0) is 5.92 Å². The van der Waals surface area contributed by atoms with E-state index in [-0.39, 0.29) is 5.92 Å². The summed E-state index contributed by atoms with van der Waals surface area (Å²) in [5.74, 6) is -1.72. The second kappa shape index (κ2) is 6.21. The van der Waals surface area contributed by atoms with Crippen LogP contribution in [0.25, 0.3) is 11.3 Å². The lowest BCUT2D eigenvalue weighted by molar-refractivity contribution is -0.140. The van der Waals surface area contributed by atoms with E-state index in [1.54, 1.807) is 13.8 Å². The molecule has 1 atom stereocenters. The summed E-state index contributed by atoms with van der Waals surface area (Å²) in [5.41, 5.74) is 1.71. The van der Waals surface area contributed by atoms with Gasteiger partial charge in [0, 0.05) is 5.56 Å². The number of carbonyl (C=O) groups excluding carboxylic acids is 1. The van der Waals surface area contributed by atoms with Gasteiger partial charge < -0.3 is 10.4 Å². The third-order valence-corrected chi connectivity index (χ3v) is 3.17. The number of hydrogen-bond donors (Lipinski definition) is 3. The standard InChI is InChI=1S/C15H17N3O3/c1-9(2)12(15(20)21)17-14(19)11-8-16-18-13(11)10-6-4-3-5-7-10/h3-9,12H,1-2H3,(H,16,18)(H,17,19)(H,20,21)/t12-/m1/s1. The number of carboxylic acid groups (broad SMARTS) is 1. The molecule has 0 saturated carbocycles. The van der Waals surface area contributed by atoms with E-state index in [0.29, 0.717) is 11.3 Å². The molecule has 2 rings (SSSR count). The number of nitrogens with one attached hydrogen (secondary N) is 2. The highest BCUT2D eigenvalue weighted by Crippen LogP contribution is 2.20. The van der Waals surface area contributed by atoms with Crippen LogP contribution in [0, 0.1) is 5.92 Å². The van der Waals surface area contributed by atoms with Gasteiger partial charge in [-0.25, -0.2) is 4.79 Å². The van der Waals surface area contributed by atoms with Gasteiger partial charge in [0.25, 0.3) is 5.91 Å². The largest absolute Gasteiger partial charge is 0.480 e. The molecule has 110 valence electrons. The van der Waals surface area contributed by atoms with Crippen LogP contribution in [-0.2, 0) is 4.79 Å². The van der Waals surface area contributed by atoms with Crippen molar-refractivity contribution in [3.05, 3.63) is 42.1 Å². The number of amides is 1. The Morgan fingerprint density at radius 2 is 1.90 bits per heavy atom. The molecule has 0 aliphatic heterocycles. The summed E-state index contributed by atoms with van der Waals surface area (Å²) in [6, 6.07) is 8.34. The Kier molecular flexibility index (Phi) is 4.37. The number of rotatable bonds is 5. The quantitative estimate of drug-likeness (QED) is 0.783. The molecule has 0 saturated heterocycles. The molecule has 0 radical (unpaired) electrons. The van der Waals surface area contributed by atoms with Crippen molar-refractivity contribution in [3.8, 4) is 11.3 Å². The molecular formula is C15H17N3O3. The van der Waals surface area contributed by atoms with Crippen LogP contribution in [0.15, 0.2) is 36.5 Å². The lowest BCUT2D eigenvalue weighted by Gasteiger charge is -2.17. The van der Waals surface area contributed by atoms with Crippen LogP contribution in [-0.4, -0.2) is 33.2 Å². The Labute approximate surface area is 122 Å². The van der Waals surface area contributed by atoms with Crippen molar-refractivity contribution in [2.45, 2.75) is 19.9 Å². The summed E-state index contributed by atoms with van der Waals surface area (Å²) in [7, 11) is 0. The Bertz CT molecular complexity index is 635. The molecule has 3 N–H and O–H groups in total. The van der Waals surface area contributed by atoms with E-state index in [4.69, 9.17) is 5.11 Å². The molecule has 0 aliphatic carbocycles. The van der Waals surface area contributed by atoms with Gasteiger partial charge >= 0.3 is 5.97 Å². The lowest BCUT2D eigenvalue weighted by Crippen LogP contribution is -2.44. The second-order valence-corrected chi connectivity index (χ2v) is 5.06. The number of nitrogens with zero attached hydrogens (tertiary/aromatic N) is 1. The summed E-state index contributed by atoms with van der Waals surface area (Å²) in [6.07, 6.45) is 1.40. The minimum atomic E-state index is -1.05. The number of benzene rings is 1. The average molecular weight is 287 g/mol. The SMILES string of the molecule is CC(C)[C@@H](NC(=O)c1cn[nH]c1-c1ccccc1)C(=O)O. The molecule has 21 heavy (non-hydrogen) atoms. The summed E-state index contributed by atoms with van der Waals surface area (Å²) in [4.78, 5) is 23.4. The first-order valence-electron chi connectivity index (χ1n) is 6.63. The van der Waals surface area contributed by atoms with Gasteiger partial charge in [-0.3, -0.25) is 9.89 Å². The Balaban J connectivity index is 2.25. The summed E-state index contributed by atoms with van der Waals surface area (Å²) < 4.78 is 0. The Hall–Kier alpha value is -2.63. The predicted molar refractivity (Wildman–Crippen MR) is 77.8 cm³/mol. The maximum absolute atomic E-state index is 12.3. The second-order valence-electron chi connectivity index (χ2n) is 5.06. The molecule has 0 bridgehead atoms. The van der Waals surface area contributed by atoms with Crippen LogP contribution in [0.4, 0.5) is 0 Å². The molecule has 0 unspecified atom stereocenters. The number of aromatic amines is 1. The highest BCUT2D eigenvalue weighted by molar-refractivity contribution is 6.01. The van der Waals surface area contributed by atoms with E-state index in [1.807, 2.05) is 30.3 Å². The molecule has 6 heteroatoms. The first kappa shape index (κ1) is 14.8. The zero-order valence-electron chi connectivity index (χ0n) is 11.8. The Morgan fingerprint density at radius 1 is 1.24 bits per heavy atom. The molecule has 0 aliphatic rings. The zero-order chi connectivity index (χ0) is 15.4. The van der Waals surface area contributed by atoms with Crippen molar-refractivity contribution in [1.29, 1.82) is 0 Å². The summed E-state index contributed by atoms with van der Waals surface area (Å²) in [6.45, 7) is 3.49. The van der Waals surface area contributed by atoms with Crippen molar-refractivity contribution >= 4 is 11.9 Å². The van der Waals surface area contributed by atoms with Gasteiger partial charge in [-0.15, -0.1) is 0 Å². The van der Waals surface area contributed by atoms with E-state index >= 15 is 0 Å². The van der Waals surface area contributed by atoms with Gasteiger partial charge in [-0.2, -0.15) is 5.10 Å². The van der Waals surface area contributed by atoms with E-state index in [2.05, 4.69) is 15.5 Å². The smallest absolute Gasteiger partial charge is 0.326 e. The average Bonchev–Trinajstić information content (AvgIpc) is 2.94. The first-order chi connectivity index (χ1) is 10.0. The van der Waals surface area contributed by atoms with Crippen LogP contribution in [0.1, 0.15) is 24.2 Å². The Morgan fingerprint density at radius 3 is 2.48 bits per heavy atom. The molecule has 1 aromatic carbocycles. The van der Waals surface area contributed by atoms with Crippen molar-refractivity contribution in [2.75, 3.05) is 0 Å². The van der Waals surface area contributed by atoms with Crippen molar-refractivity contribution in [3.63, 3.8) is 0 Å². The molecular weight excluding hydrogens is 270 g/mol. The predicted octanol–water partition coefficient (Wildman–Crippen LogP) is 1.92. The van der Waals surface area contributed by atoms with Crippen molar-refractivity contribution < 1.29 is 14.7 Å². The monoisotopic (exact) mass is 287 g/mol. The summed E-state index contributed by atoms with van der Waals surface area (Å²) >= 11 is 0.